The molecule has 4 rings (SSSR count). The normalized spacial score (nSPS) is 11.0. The van der Waals surface area contributed by atoms with Crippen LogP contribution in [0.5, 0.6) is 0 Å². The molecule has 0 fully saturated rings. The molecule has 7 heteroatoms. The van der Waals surface area contributed by atoms with Crippen LogP contribution in [0.25, 0.3) is 11.0 Å². The molecule has 0 unspecified atom stereocenters. The molecule has 0 spiro atoms. The summed E-state index contributed by atoms with van der Waals surface area (Å²) in [6.45, 7) is 3.84. The highest BCUT2D eigenvalue weighted by Gasteiger charge is 2.20. The second-order valence-electron chi connectivity index (χ2n) is 7.80. The Morgan fingerprint density at radius 3 is 2.48 bits per heavy atom. The Bertz CT molecular complexity index is 1400. The van der Waals surface area contributed by atoms with Gasteiger partial charge in [0.25, 0.3) is 0 Å². The van der Waals surface area contributed by atoms with Gasteiger partial charge in [0.1, 0.15) is 17.0 Å². The number of para-hydroxylation sites is 1. The van der Waals surface area contributed by atoms with Gasteiger partial charge in [0.15, 0.2) is 6.61 Å². The van der Waals surface area contributed by atoms with E-state index in [-0.39, 0.29) is 17.2 Å². The Hall–Kier alpha value is -4.00. The van der Waals surface area contributed by atoms with Crippen LogP contribution in [0, 0.1) is 19.7 Å². The maximum atomic E-state index is 13.1. The molecule has 0 saturated carbocycles. The highest BCUT2D eigenvalue weighted by Crippen LogP contribution is 2.18. The number of nitrogens with zero attached hydrogens (tertiary/aromatic N) is 1. The van der Waals surface area contributed by atoms with Gasteiger partial charge in [-0.25, -0.2) is 14.0 Å². The fraction of sp³-hybridized carbons (Fsp3) is 0.192. The lowest BCUT2D eigenvalue weighted by Gasteiger charge is -2.10. The predicted octanol–water partition coefficient (Wildman–Crippen LogP) is 4.63. The molecule has 2 heterocycles. The van der Waals surface area contributed by atoms with Crippen molar-refractivity contribution in [2.45, 2.75) is 26.8 Å². The van der Waals surface area contributed by atoms with Crippen LogP contribution in [0.3, 0.4) is 0 Å². The number of aromatic nitrogens is 1. The van der Waals surface area contributed by atoms with Gasteiger partial charge >= 0.3 is 11.6 Å². The number of hydrogen-bond donors (Lipinski definition) is 0. The molecular formula is C26H22FNO5. The molecule has 0 amide bonds. The Morgan fingerprint density at radius 1 is 1.00 bits per heavy atom. The second kappa shape index (κ2) is 9.24. The topological polar surface area (TPSA) is 78.5 Å². The summed E-state index contributed by atoms with van der Waals surface area (Å²) in [7, 11) is 0. The number of halogens is 1. The van der Waals surface area contributed by atoms with Crippen molar-refractivity contribution in [3.05, 3.63) is 105 Å². The second-order valence-corrected chi connectivity index (χ2v) is 7.80. The molecule has 0 N–H and O–H groups in total. The van der Waals surface area contributed by atoms with E-state index in [4.69, 9.17) is 9.15 Å². The first-order valence-electron chi connectivity index (χ1n) is 10.5. The van der Waals surface area contributed by atoms with E-state index in [1.807, 2.05) is 18.4 Å². The first-order chi connectivity index (χ1) is 15.8. The third-order valence-electron chi connectivity index (χ3n) is 5.61. The minimum Gasteiger partial charge on any atom is -0.453 e. The number of carbonyl (C=O) groups excluding carboxylic acids is 2. The lowest BCUT2D eigenvalue weighted by molar-refractivity contribution is 0.0470. The SMILES string of the molecule is Cc1cc(C(=O)COC(=O)c2cc3ccccc3oc2=O)c(C)n1CCc1ccc(F)cc1. The number of ether oxygens (including phenoxy) is 1. The molecule has 168 valence electrons. The summed E-state index contributed by atoms with van der Waals surface area (Å²) in [6, 6.07) is 16.3. The molecular weight excluding hydrogens is 425 g/mol. The van der Waals surface area contributed by atoms with E-state index >= 15 is 0 Å². The van der Waals surface area contributed by atoms with E-state index in [1.165, 1.54) is 18.2 Å². The number of rotatable bonds is 7. The molecule has 0 aliphatic heterocycles. The minimum absolute atomic E-state index is 0.258. The van der Waals surface area contributed by atoms with Crippen LogP contribution in [-0.4, -0.2) is 22.9 Å². The molecule has 0 saturated heterocycles. The Morgan fingerprint density at radius 2 is 1.73 bits per heavy atom. The third kappa shape index (κ3) is 4.77. The fourth-order valence-electron chi connectivity index (χ4n) is 3.81. The fourth-order valence-corrected chi connectivity index (χ4v) is 3.81. The maximum Gasteiger partial charge on any atom is 0.351 e. The van der Waals surface area contributed by atoms with Crippen LogP contribution in [0.1, 0.15) is 37.7 Å². The van der Waals surface area contributed by atoms with Gasteiger partial charge in [-0.1, -0.05) is 30.3 Å². The maximum absolute atomic E-state index is 13.1. The van der Waals surface area contributed by atoms with Gasteiger partial charge in [0.05, 0.1) is 0 Å². The summed E-state index contributed by atoms with van der Waals surface area (Å²) < 4.78 is 25.4. The molecule has 0 bridgehead atoms. The van der Waals surface area contributed by atoms with Crippen LogP contribution in [0.2, 0.25) is 0 Å². The summed E-state index contributed by atoms with van der Waals surface area (Å²) in [5, 5.41) is 0.583. The quantitative estimate of drug-likeness (QED) is 0.234. The average molecular weight is 447 g/mol. The summed E-state index contributed by atoms with van der Waals surface area (Å²) in [6.07, 6.45) is 0.678. The highest BCUT2D eigenvalue weighted by molar-refractivity contribution is 6.00. The van der Waals surface area contributed by atoms with Crippen molar-refractivity contribution in [1.82, 2.24) is 4.57 Å². The number of Topliss-reactive ketones (excluding diaryl/α,β-unsaturated/α-hetero) is 1. The molecule has 6 nitrogen and oxygen atoms in total. The molecule has 33 heavy (non-hydrogen) atoms. The van der Waals surface area contributed by atoms with E-state index in [0.29, 0.717) is 29.5 Å². The smallest absolute Gasteiger partial charge is 0.351 e. The van der Waals surface area contributed by atoms with E-state index in [1.54, 1.807) is 42.5 Å². The van der Waals surface area contributed by atoms with E-state index < -0.39 is 18.2 Å². The van der Waals surface area contributed by atoms with Crippen LogP contribution in [-0.2, 0) is 17.7 Å². The number of fused-ring (bicyclic) bond motifs is 1. The van der Waals surface area contributed by atoms with Gasteiger partial charge in [-0.15, -0.1) is 0 Å². The number of aryl methyl sites for hydroxylation is 2. The van der Waals surface area contributed by atoms with Crippen molar-refractivity contribution < 1.29 is 23.1 Å². The van der Waals surface area contributed by atoms with Crippen LogP contribution < -0.4 is 5.63 Å². The number of ketones is 1. The first kappa shape index (κ1) is 22.2. The highest BCUT2D eigenvalue weighted by atomic mass is 19.1. The zero-order valence-electron chi connectivity index (χ0n) is 18.3. The van der Waals surface area contributed by atoms with E-state index in [0.717, 1.165) is 17.0 Å². The largest absolute Gasteiger partial charge is 0.453 e. The standard InChI is InChI=1S/C26H22FNO5/c1-16-13-21(17(2)28(16)12-11-18-7-9-20(27)10-8-18)23(29)15-32-25(30)22-14-19-5-3-4-6-24(19)33-26(22)31/h3-10,13-14H,11-12,15H2,1-2H3. The van der Waals surface area contributed by atoms with E-state index in [9.17, 15) is 18.8 Å². The summed E-state index contributed by atoms with van der Waals surface area (Å²) >= 11 is 0. The van der Waals surface area contributed by atoms with Gasteiger partial charge in [0, 0.05) is 28.9 Å². The lowest BCUT2D eigenvalue weighted by Crippen LogP contribution is -2.20. The molecule has 0 aliphatic carbocycles. The molecule has 4 aromatic rings. The Kier molecular flexibility index (Phi) is 6.22. The summed E-state index contributed by atoms with van der Waals surface area (Å²) in [5.41, 5.74) is 2.37. The van der Waals surface area contributed by atoms with E-state index in [2.05, 4.69) is 0 Å². The molecule has 0 aliphatic rings. The van der Waals surface area contributed by atoms with Gasteiger partial charge in [-0.3, -0.25) is 4.79 Å². The third-order valence-corrected chi connectivity index (χ3v) is 5.61. The zero-order chi connectivity index (χ0) is 23.5. The summed E-state index contributed by atoms with van der Waals surface area (Å²) in [4.78, 5) is 37.3. The molecule has 0 radical (unpaired) electrons. The number of hydrogen-bond acceptors (Lipinski definition) is 5. The Balaban J connectivity index is 1.44. The first-order valence-corrected chi connectivity index (χ1v) is 10.5. The zero-order valence-corrected chi connectivity index (χ0v) is 18.3. The summed E-state index contributed by atoms with van der Waals surface area (Å²) in [5.74, 6) is -1.56. The van der Waals surface area contributed by atoms with Crippen LogP contribution in [0.4, 0.5) is 4.39 Å². The van der Waals surface area contributed by atoms with Gasteiger partial charge in [-0.2, -0.15) is 0 Å². The molecule has 0 atom stereocenters. The van der Waals surface area contributed by atoms with Crippen LogP contribution in [0.15, 0.2) is 69.9 Å². The van der Waals surface area contributed by atoms with Gasteiger partial charge in [-0.05, 0) is 56.2 Å². The molecule has 2 aromatic heterocycles. The van der Waals surface area contributed by atoms with Crippen molar-refractivity contribution in [2.24, 2.45) is 0 Å². The van der Waals surface area contributed by atoms with Crippen molar-refractivity contribution in [1.29, 1.82) is 0 Å². The van der Waals surface area contributed by atoms with Crippen molar-refractivity contribution in [3.8, 4) is 0 Å². The number of esters is 1. The lowest BCUT2D eigenvalue weighted by atomic mass is 10.1. The monoisotopic (exact) mass is 447 g/mol. The number of benzene rings is 2. The van der Waals surface area contributed by atoms with Gasteiger partial charge < -0.3 is 13.7 Å². The van der Waals surface area contributed by atoms with Gasteiger partial charge in [0.2, 0.25) is 5.78 Å². The minimum atomic E-state index is -0.909. The average Bonchev–Trinajstić information content (AvgIpc) is 3.09. The number of carbonyl (C=O) groups is 2. The van der Waals surface area contributed by atoms with Crippen molar-refractivity contribution in [3.63, 3.8) is 0 Å². The molecule has 2 aromatic carbocycles. The Labute approximate surface area is 189 Å². The predicted molar refractivity (Wildman–Crippen MR) is 121 cm³/mol. The van der Waals surface area contributed by atoms with Crippen LogP contribution >= 0.6 is 0 Å². The van der Waals surface area contributed by atoms with Crippen molar-refractivity contribution in [2.75, 3.05) is 6.61 Å². The van der Waals surface area contributed by atoms with Crippen molar-refractivity contribution >= 4 is 22.7 Å².